The number of carboxylic acids is 1. The lowest BCUT2D eigenvalue weighted by Gasteiger charge is -2.45. The van der Waals surface area contributed by atoms with Crippen LogP contribution in [0.15, 0.2) is 0 Å². The molecule has 2 heterocycles. The third-order valence-corrected chi connectivity index (χ3v) is 4.77. The van der Waals surface area contributed by atoms with Crippen molar-refractivity contribution in [3.05, 3.63) is 0 Å². The first-order valence-corrected chi connectivity index (χ1v) is 7.19. The van der Waals surface area contributed by atoms with Gasteiger partial charge in [0, 0.05) is 25.2 Å². The van der Waals surface area contributed by atoms with Gasteiger partial charge in [-0.05, 0) is 53.0 Å². The summed E-state index contributed by atoms with van der Waals surface area (Å²) in [6, 6.07) is 0.990. The zero-order chi connectivity index (χ0) is 13.3. The predicted molar refractivity (Wildman–Crippen MR) is 71.7 cm³/mol. The maximum atomic E-state index is 11.6. The average molecular weight is 254 g/mol. The maximum Gasteiger partial charge on any atom is 0.323 e. The number of hydrogen-bond acceptors (Lipinski definition) is 3. The third kappa shape index (κ3) is 2.41. The minimum absolute atomic E-state index is 0.425. The van der Waals surface area contributed by atoms with Crippen molar-refractivity contribution in [1.82, 2.24) is 9.80 Å². The first-order chi connectivity index (χ1) is 8.45. The number of nitrogens with zero attached hydrogens (tertiary/aromatic N) is 2. The van der Waals surface area contributed by atoms with E-state index in [9.17, 15) is 9.90 Å². The van der Waals surface area contributed by atoms with Crippen molar-refractivity contribution in [2.24, 2.45) is 0 Å². The van der Waals surface area contributed by atoms with E-state index < -0.39 is 11.5 Å². The van der Waals surface area contributed by atoms with E-state index in [0.29, 0.717) is 12.1 Å². The highest BCUT2D eigenvalue weighted by atomic mass is 16.4. The van der Waals surface area contributed by atoms with Gasteiger partial charge in [0.2, 0.25) is 0 Å². The minimum atomic E-state index is -0.648. The molecule has 0 amide bonds. The Labute approximate surface area is 110 Å². The van der Waals surface area contributed by atoms with Crippen LogP contribution in [0.2, 0.25) is 0 Å². The summed E-state index contributed by atoms with van der Waals surface area (Å²) < 4.78 is 0. The smallest absolute Gasteiger partial charge is 0.323 e. The molecule has 18 heavy (non-hydrogen) atoms. The Morgan fingerprint density at radius 1 is 1.33 bits per heavy atom. The lowest BCUT2D eigenvalue weighted by atomic mass is 9.86. The van der Waals surface area contributed by atoms with Crippen LogP contribution in [0.1, 0.15) is 46.5 Å². The molecule has 2 rings (SSSR count). The summed E-state index contributed by atoms with van der Waals surface area (Å²) in [5, 5.41) is 9.55. The predicted octanol–water partition coefficient (Wildman–Crippen LogP) is 1.80. The average Bonchev–Trinajstić information content (AvgIpc) is 2.78. The van der Waals surface area contributed by atoms with Gasteiger partial charge in [-0.3, -0.25) is 14.6 Å². The van der Waals surface area contributed by atoms with Gasteiger partial charge in [-0.2, -0.15) is 0 Å². The lowest BCUT2D eigenvalue weighted by Crippen LogP contribution is -2.59. The van der Waals surface area contributed by atoms with E-state index in [4.69, 9.17) is 0 Å². The first kappa shape index (κ1) is 13.8. The van der Waals surface area contributed by atoms with E-state index in [0.717, 1.165) is 45.3 Å². The molecule has 2 saturated heterocycles. The largest absolute Gasteiger partial charge is 0.480 e. The molecule has 0 aromatic carbocycles. The fourth-order valence-electron chi connectivity index (χ4n) is 3.45. The molecule has 1 N–H and O–H groups in total. The Morgan fingerprint density at radius 3 is 2.61 bits per heavy atom. The maximum absolute atomic E-state index is 11.6. The summed E-state index contributed by atoms with van der Waals surface area (Å²) >= 11 is 0. The highest BCUT2D eigenvalue weighted by Gasteiger charge is 2.45. The molecule has 4 heteroatoms. The van der Waals surface area contributed by atoms with Gasteiger partial charge >= 0.3 is 5.97 Å². The van der Waals surface area contributed by atoms with E-state index in [2.05, 4.69) is 23.6 Å². The zero-order valence-corrected chi connectivity index (χ0v) is 11.9. The molecular weight excluding hydrogens is 228 g/mol. The number of hydrogen-bond donors (Lipinski definition) is 1. The molecule has 2 atom stereocenters. The van der Waals surface area contributed by atoms with Crippen LogP contribution in [0, 0.1) is 0 Å². The van der Waals surface area contributed by atoms with Gasteiger partial charge in [-0.1, -0.05) is 0 Å². The van der Waals surface area contributed by atoms with Crippen molar-refractivity contribution >= 4 is 5.97 Å². The summed E-state index contributed by atoms with van der Waals surface area (Å²) in [5.41, 5.74) is -0.643. The standard InChI is InChI=1S/C14H26N2O2/c1-11(2)15-9-6-12(10-15)16-8-5-4-7-14(16,3)13(17)18/h11-12H,4-10H2,1-3H3,(H,17,18). The van der Waals surface area contributed by atoms with Crippen molar-refractivity contribution in [2.75, 3.05) is 19.6 Å². The van der Waals surface area contributed by atoms with E-state index in [1.165, 1.54) is 0 Å². The second kappa shape index (κ2) is 5.17. The van der Waals surface area contributed by atoms with Gasteiger partial charge in [-0.15, -0.1) is 0 Å². The molecule has 2 fully saturated rings. The number of carboxylic acid groups (broad SMARTS) is 1. The van der Waals surface area contributed by atoms with E-state index in [-0.39, 0.29) is 0 Å². The first-order valence-electron chi connectivity index (χ1n) is 7.19. The van der Waals surface area contributed by atoms with Crippen molar-refractivity contribution in [1.29, 1.82) is 0 Å². The third-order valence-electron chi connectivity index (χ3n) is 4.77. The monoisotopic (exact) mass is 254 g/mol. The number of rotatable bonds is 3. The van der Waals surface area contributed by atoms with Gasteiger partial charge < -0.3 is 5.11 Å². The number of aliphatic carboxylic acids is 1. The highest BCUT2D eigenvalue weighted by molar-refractivity contribution is 5.78. The number of piperidine rings is 1. The Balaban J connectivity index is 2.09. The summed E-state index contributed by atoms with van der Waals surface area (Å²) in [7, 11) is 0. The van der Waals surface area contributed by atoms with Crippen LogP contribution < -0.4 is 0 Å². The van der Waals surface area contributed by atoms with Crippen LogP contribution in [0.4, 0.5) is 0 Å². The Kier molecular flexibility index (Phi) is 3.97. The molecule has 0 aromatic rings. The molecule has 0 aliphatic carbocycles. The van der Waals surface area contributed by atoms with Crippen LogP contribution in [0.25, 0.3) is 0 Å². The van der Waals surface area contributed by atoms with Crippen LogP contribution in [-0.4, -0.2) is 58.1 Å². The molecule has 4 nitrogen and oxygen atoms in total. The Bertz CT molecular complexity index is 319. The number of likely N-dealkylation sites (tertiary alicyclic amines) is 2. The molecule has 0 spiro atoms. The molecule has 0 bridgehead atoms. The highest BCUT2D eigenvalue weighted by Crippen LogP contribution is 2.33. The molecule has 2 unspecified atom stereocenters. The lowest BCUT2D eigenvalue weighted by molar-refractivity contribution is -0.154. The summed E-state index contributed by atoms with van der Waals surface area (Å²) in [6.07, 6.45) is 4.09. The topological polar surface area (TPSA) is 43.8 Å². The summed E-state index contributed by atoms with van der Waals surface area (Å²) in [5.74, 6) is -0.648. The SMILES string of the molecule is CC(C)N1CCC(N2CCCCC2(C)C(=O)O)C1. The second-order valence-corrected chi connectivity index (χ2v) is 6.26. The molecular formula is C14H26N2O2. The second-order valence-electron chi connectivity index (χ2n) is 6.26. The van der Waals surface area contributed by atoms with Crippen LogP contribution in [0.5, 0.6) is 0 Å². The summed E-state index contributed by atoms with van der Waals surface area (Å²) in [6.45, 7) is 9.42. The molecule has 2 aliphatic heterocycles. The molecule has 2 aliphatic rings. The minimum Gasteiger partial charge on any atom is -0.480 e. The normalized spacial score (nSPS) is 35.2. The van der Waals surface area contributed by atoms with Crippen molar-refractivity contribution in [3.8, 4) is 0 Å². The van der Waals surface area contributed by atoms with Gasteiger partial charge in [-0.25, -0.2) is 0 Å². The quantitative estimate of drug-likeness (QED) is 0.834. The van der Waals surface area contributed by atoms with Crippen molar-refractivity contribution < 1.29 is 9.90 Å². The van der Waals surface area contributed by atoms with Crippen LogP contribution >= 0.6 is 0 Å². The Morgan fingerprint density at radius 2 is 2.06 bits per heavy atom. The molecule has 104 valence electrons. The van der Waals surface area contributed by atoms with E-state index in [1.807, 2.05) is 6.92 Å². The van der Waals surface area contributed by atoms with Crippen LogP contribution in [-0.2, 0) is 4.79 Å². The van der Waals surface area contributed by atoms with Crippen LogP contribution in [0.3, 0.4) is 0 Å². The summed E-state index contributed by atoms with van der Waals surface area (Å²) in [4.78, 5) is 16.3. The van der Waals surface area contributed by atoms with E-state index >= 15 is 0 Å². The van der Waals surface area contributed by atoms with Crippen molar-refractivity contribution in [2.45, 2.75) is 64.1 Å². The molecule has 0 aromatic heterocycles. The van der Waals surface area contributed by atoms with E-state index in [1.54, 1.807) is 0 Å². The van der Waals surface area contributed by atoms with Gasteiger partial charge in [0.15, 0.2) is 0 Å². The number of carbonyl (C=O) groups is 1. The van der Waals surface area contributed by atoms with Crippen molar-refractivity contribution in [3.63, 3.8) is 0 Å². The van der Waals surface area contributed by atoms with Gasteiger partial charge in [0.1, 0.15) is 5.54 Å². The zero-order valence-electron chi connectivity index (χ0n) is 11.9. The van der Waals surface area contributed by atoms with Gasteiger partial charge in [0.05, 0.1) is 0 Å². The Hall–Kier alpha value is -0.610. The fraction of sp³-hybridized carbons (Fsp3) is 0.929. The fourth-order valence-corrected chi connectivity index (χ4v) is 3.45. The molecule has 0 saturated carbocycles. The molecule has 0 radical (unpaired) electrons. The van der Waals surface area contributed by atoms with Gasteiger partial charge in [0.25, 0.3) is 0 Å².